The van der Waals surface area contributed by atoms with Gasteiger partial charge in [0.05, 0.1) is 0 Å². The van der Waals surface area contributed by atoms with Crippen molar-refractivity contribution in [2.45, 2.75) is 12.5 Å². The molecule has 142 valence electrons. The van der Waals surface area contributed by atoms with E-state index in [4.69, 9.17) is 32.7 Å². The maximum Gasteiger partial charge on any atom is 0.226 e. The van der Waals surface area contributed by atoms with Gasteiger partial charge in [-0.3, -0.25) is 4.79 Å². The topological polar surface area (TPSA) is 35.5 Å². The zero-order valence-electron chi connectivity index (χ0n) is 14.6. The highest BCUT2D eigenvalue weighted by Crippen LogP contribution is 2.43. The molecule has 0 amide bonds. The fraction of sp³-hybridized carbons (Fsp3) is 0.136. The first kappa shape index (κ1) is 18.8. The third-order valence-corrected chi connectivity index (χ3v) is 4.91. The molecule has 0 N–H and O–H groups in total. The van der Waals surface area contributed by atoms with Gasteiger partial charge in [-0.1, -0.05) is 54.1 Å². The van der Waals surface area contributed by atoms with E-state index in [2.05, 4.69) is 0 Å². The van der Waals surface area contributed by atoms with Gasteiger partial charge in [0, 0.05) is 22.6 Å². The Morgan fingerprint density at radius 2 is 1.89 bits per heavy atom. The lowest BCUT2D eigenvalue weighted by Crippen LogP contribution is -2.22. The molecule has 3 aromatic carbocycles. The number of ether oxygens (including phenoxy) is 2. The van der Waals surface area contributed by atoms with Gasteiger partial charge in [-0.2, -0.15) is 0 Å². The van der Waals surface area contributed by atoms with Crippen molar-refractivity contribution in [3.05, 3.63) is 82.6 Å². The van der Waals surface area contributed by atoms with Gasteiger partial charge in [0.2, 0.25) is 5.24 Å². The molecular weight excluding hydrogens is 402 g/mol. The van der Waals surface area contributed by atoms with Gasteiger partial charge in [-0.15, -0.1) is 0 Å². The summed E-state index contributed by atoms with van der Waals surface area (Å²) in [6, 6.07) is 17.6. The Hall–Kier alpha value is -2.56. The van der Waals surface area contributed by atoms with Crippen LogP contribution in [0.4, 0.5) is 4.39 Å². The lowest BCUT2D eigenvalue weighted by atomic mass is 10.0. The Bertz CT molecular complexity index is 1030. The van der Waals surface area contributed by atoms with E-state index in [1.54, 1.807) is 18.2 Å². The van der Waals surface area contributed by atoms with Crippen molar-refractivity contribution in [1.82, 2.24) is 0 Å². The van der Waals surface area contributed by atoms with Crippen LogP contribution in [-0.2, 0) is 11.2 Å². The summed E-state index contributed by atoms with van der Waals surface area (Å²) < 4.78 is 26.2. The zero-order chi connectivity index (χ0) is 19.7. The minimum Gasteiger partial charge on any atom is -0.485 e. The normalized spacial score (nSPS) is 15.3. The van der Waals surface area contributed by atoms with Crippen molar-refractivity contribution in [2.24, 2.45) is 0 Å². The molecule has 3 nitrogen and oxygen atoms in total. The lowest BCUT2D eigenvalue weighted by molar-refractivity contribution is -0.111. The molecule has 6 heteroatoms. The summed E-state index contributed by atoms with van der Waals surface area (Å²) in [4.78, 5) is 11.0. The van der Waals surface area contributed by atoms with Crippen molar-refractivity contribution >= 4 is 28.4 Å². The maximum absolute atomic E-state index is 14.2. The molecule has 1 aliphatic rings. The number of hydrogen-bond donors (Lipinski definition) is 0. The van der Waals surface area contributed by atoms with Crippen molar-refractivity contribution in [2.75, 3.05) is 6.61 Å². The minimum atomic E-state index is -0.558. The number of benzene rings is 3. The summed E-state index contributed by atoms with van der Waals surface area (Å²) >= 11 is 11.3. The fourth-order valence-electron chi connectivity index (χ4n) is 3.21. The van der Waals surface area contributed by atoms with E-state index in [-0.39, 0.29) is 13.0 Å². The average Bonchev–Trinajstić information content (AvgIpc) is 2.67. The SMILES string of the molecule is O=C(Cl)Cc1ccc(-c2cccc3c2OCC(c2ccc(Cl)cc2F)O3)cc1. The number of carbonyl (C=O) groups is 1. The van der Waals surface area contributed by atoms with E-state index in [0.29, 0.717) is 22.1 Å². The largest absolute Gasteiger partial charge is 0.485 e. The number of fused-ring (bicyclic) bond motifs is 1. The minimum absolute atomic E-state index is 0.182. The Kier molecular flexibility index (Phi) is 5.25. The molecule has 0 saturated carbocycles. The summed E-state index contributed by atoms with van der Waals surface area (Å²) in [5.74, 6) is 0.725. The van der Waals surface area contributed by atoms with E-state index >= 15 is 0 Å². The first-order chi connectivity index (χ1) is 13.5. The predicted molar refractivity (Wildman–Crippen MR) is 107 cm³/mol. The Balaban J connectivity index is 1.62. The molecule has 28 heavy (non-hydrogen) atoms. The average molecular weight is 417 g/mol. The monoisotopic (exact) mass is 416 g/mol. The van der Waals surface area contributed by atoms with Crippen LogP contribution in [0, 0.1) is 5.82 Å². The van der Waals surface area contributed by atoms with Crippen LogP contribution in [0.15, 0.2) is 60.7 Å². The van der Waals surface area contributed by atoms with E-state index in [1.807, 2.05) is 36.4 Å². The molecule has 4 rings (SSSR count). The van der Waals surface area contributed by atoms with Crippen molar-refractivity contribution in [3.8, 4) is 22.6 Å². The van der Waals surface area contributed by atoms with Crippen LogP contribution >= 0.6 is 23.2 Å². The van der Waals surface area contributed by atoms with Crippen LogP contribution in [0.25, 0.3) is 11.1 Å². The molecule has 3 aromatic rings. The smallest absolute Gasteiger partial charge is 0.226 e. The van der Waals surface area contributed by atoms with Crippen LogP contribution in [0.3, 0.4) is 0 Å². The number of halogens is 3. The molecule has 0 bridgehead atoms. The van der Waals surface area contributed by atoms with Crippen LogP contribution in [-0.4, -0.2) is 11.8 Å². The molecule has 0 aliphatic carbocycles. The highest BCUT2D eigenvalue weighted by Gasteiger charge is 2.27. The van der Waals surface area contributed by atoms with E-state index in [9.17, 15) is 9.18 Å². The van der Waals surface area contributed by atoms with Gasteiger partial charge >= 0.3 is 0 Å². The lowest BCUT2D eigenvalue weighted by Gasteiger charge is -2.28. The molecule has 0 fully saturated rings. The standard InChI is InChI=1S/C22H15Cl2FO3/c23-15-8-9-17(18(25)11-15)20-12-27-22-16(2-1-3-19(22)28-20)14-6-4-13(5-7-14)10-21(24)26/h1-9,11,20H,10,12H2. The van der Waals surface area contributed by atoms with Crippen LogP contribution in [0.5, 0.6) is 11.5 Å². The molecule has 1 atom stereocenters. The predicted octanol–water partition coefficient (Wildman–Crippen LogP) is 5.97. The summed E-state index contributed by atoms with van der Waals surface area (Å²) in [7, 11) is 0. The summed E-state index contributed by atoms with van der Waals surface area (Å²) in [5.41, 5.74) is 3.01. The van der Waals surface area contributed by atoms with Gasteiger partial charge in [-0.05, 0) is 40.9 Å². The Morgan fingerprint density at radius 1 is 1.11 bits per heavy atom. The number of para-hydroxylation sites is 1. The molecule has 0 radical (unpaired) electrons. The van der Waals surface area contributed by atoms with E-state index in [0.717, 1.165) is 16.7 Å². The Labute approximate surface area is 171 Å². The van der Waals surface area contributed by atoms with Crippen LogP contribution in [0.1, 0.15) is 17.2 Å². The van der Waals surface area contributed by atoms with Gasteiger partial charge in [0.1, 0.15) is 12.4 Å². The summed E-state index contributed by atoms with van der Waals surface area (Å²) in [6.45, 7) is 0.182. The number of hydrogen-bond acceptors (Lipinski definition) is 3. The van der Waals surface area contributed by atoms with Gasteiger partial charge < -0.3 is 9.47 Å². The quantitative estimate of drug-likeness (QED) is 0.491. The first-order valence-corrected chi connectivity index (χ1v) is 9.42. The maximum atomic E-state index is 14.2. The highest BCUT2D eigenvalue weighted by molar-refractivity contribution is 6.63. The van der Waals surface area contributed by atoms with Gasteiger partial charge in [0.25, 0.3) is 0 Å². The molecule has 0 aromatic heterocycles. The molecule has 1 unspecified atom stereocenters. The zero-order valence-corrected chi connectivity index (χ0v) is 16.1. The molecule has 1 aliphatic heterocycles. The van der Waals surface area contributed by atoms with Crippen LogP contribution < -0.4 is 9.47 Å². The number of carbonyl (C=O) groups excluding carboxylic acids is 1. The van der Waals surface area contributed by atoms with Gasteiger partial charge in [0.15, 0.2) is 17.6 Å². The van der Waals surface area contributed by atoms with Crippen molar-refractivity contribution < 1.29 is 18.7 Å². The fourth-order valence-corrected chi connectivity index (χ4v) is 3.52. The number of rotatable bonds is 4. The second-order valence-corrected chi connectivity index (χ2v) is 7.30. The second-order valence-electron chi connectivity index (χ2n) is 6.44. The molecule has 0 saturated heterocycles. The van der Waals surface area contributed by atoms with Crippen LogP contribution in [0.2, 0.25) is 5.02 Å². The summed E-state index contributed by atoms with van der Waals surface area (Å²) in [6.07, 6.45) is -0.375. The third kappa shape index (κ3) is 3.84. The van der Waals surface area contributed by atoms with Crippen molar-refractivity contribution in [3.63, 3.8) is 0 Å². The summed E-state index contributed by atoms with van der Waals surface area (Å²) in [5, 5.41) is -0.0676. The van der Waals surface area contributed by atoms with Crippen molar-refractivity contribution in [1.29, 1.82) is 0 Å². The van der Waals surface area contributed by atoms with E-state index < -0.39 is 17.2 Å². The first-order valence-electron chi connectivity index (χ1n) is 8.66. The highest BCUT2D eigenvalue weighted by atomic mass is 35.5. The molecule has 0 spiro atoms. The Morgan fingerprint density at radius 3 is 2.61 bits per heavy atom. The van der Waals surface area contributed by atoms with Gasteiger partial charge in [-0.25, -0.2) is 4.39 Å². The molecular formula is C22H15Cl2FO3. The second kappa shape index (κ2) is 7.82. The molecule has 1 heterocycles. The van der Waals surface area contributed by atoms with E-state index in [1.165, 1.54) is 6.07 Å². The third-order valence-electron chi connectivity index (χ3n) is 4.54.